The van der Waals surface area contributed by atoms with Gasteiger partial charge in [-0.15, -0.1) is 0 Å². The third-order valence-corrected chi connectivity index (χ3v) is 5.64. The van der Waals surface area contributed by atoms with E-state index in [1.54, 1.807) is 13.8 Å². The number of hydrogen-bond acceptors (Lipinski definition) is 4. The van der Waals surface area contributed by atoms with Crippen LogP contribution < -0.4 is 0 Å². The van der Waals surface area contributed by atoms with Gasteiger partial charge in [-0.25, -0.2) is 0 Å². The van der Waals surface area contributed by atoms with Gasteiger partial charge < -0.3 is 4.74 Å². The summed E-state index contributed by atoms with van der Waals surface area (Å²) in [5, 5.41) is 0. The second kappa shape index (κ2) is 5.17. The molecule has 2 aliphatic rings. The van der Waals surface area contributed by atoms with E-state index in [9.17, 15) is 9.59 Å². The molecule has 1 aliphatic carbocycles. The summed E-state index contributed by atoms with van der Waals surface area (Å²) in [4.78, 5) is 28.0. The molecular formula is C19H25NO3. The minimum Gasteiger partial charge on any atom is -0.465 e. The molecule has 0 saturated carbocycles. The summed E-state index contributed by atoms with van der Waals surface area (Å²) < 4.78 is 5.21. The van der Waals surface area contributed by atoms with E-state index < -0.39 is 11.4 Å². The van der Waals surface area contributed by atoms with E-state index >= 15 is 0 Å². The number of carbonyl (C=O) groups excluding carboxylic acids is 2. The number of Topliss-reactive ketones (excluding diaryl/α,β-unsaturated/α-hetero) is 1. The van der Waals surface area contributed by atoms with Crippen molar-refractivity contribution in [2.45, 2.75) is 45.1 Å². The van der Waals surface area contributed by atoms with Gasteiger partial charge in [0.1, 0.15) is 5.41 Å². The summed E-state index contributed by atoms with van der Waals surface area (Å²) in [5.74, 6) is -0.677. The largest absolute Gasteiger partial charge is 0.465 e. The number of ether oxygens (including phenoxy) is 1. The Morgan fingerprint density at radius 2 is 1.96 bits per heavy atom. The number of likely N-dealkylation sites (tertiary alicyclic amines) is 1. The lowest BCUT2D eigenvalue weighted by atomic mass is 9.69. The topological polar surface area (TPSA) is 46.6 Å². The van der Waals surface area contributed by atoms with E-state index in [0.717, 1.165) is 5.56 Å². The van der Waals surface area contributed by atoms with E-state index in [1.807, 2.05) is 25.2 Å². The van der Waals surface area contributed by atoms with Crippen LogP contribution in [0.15, 0.2) is 24.3 Å². The van der Waals surface area contributed by atoms with Crippen LogP contribution in [0, 0.1) is 5.41 Å². The first-order chi connectivity index (χ1) is 10.7. The maximum atomic E-state index is 13.3. The van der Waals surface area contributed by atoms with E-state index in [4.69, 9.17) is 4.74 Å². The van der Waals surface area contributed by atoms with Crippen molar-refractivity contribution in [2.75, 3.05) is 20.2 Å². The number of piperidine rings is 1. The highest BCUT2D eigenvalue weighted by atomic mass is 16.5. The third-order valence-electron chi connectivity index (χ3n) is 5.64. The molecule has 0 amide bonds. The monoisotopic (exact) mass is 315 g/mol. The van der Waals surface area contributed by atoms with Crippen LogP contribution in [0.3, 0.4) is 0 Å². The summed E-state index contributed by atoms with van der Waals surface area (Å²) in [5.41, 5.74) is 1.05. The first-order valence-corrected chi connectivity index (χ1v) is 8.26. The predicted octanol–water partition coefficient (Wildman–Crippen LogP) is 2.51. The molecule has 1 aliphatic heterocycles. The van der Waals surface area contributed by atoms with E-state index in [1.165, 1.54) is 5.56 Å². The average Bonchev–Trinajstić information content (AvgIpc) is 2.74. The first kappa shape index (κ1) is 16.2. The van der Waals surface area contributed by atoms with Crippen molar-refractivity contribution < 1.29 is 14.3 Å². The Kier molecular flexibility index (Phi) is 3.64. The molecule has 0 bridgehead atoms. The van der Waals surface area contributed by atoms with Gasteiger partial charge in [0.05, 0.1) is 12.5 Å². The summed E-state index contributed by atoms with van der Waals surface area (Å²) in [6.45, 7) is 8.58. The number of hydrogen-bond donors (Lipinski definition) is 0. The fourth-order valence-corrected chi connectivity index (χ4v) is 4.66. The van der Waals surface area contributed by atoms with Gasteiger partial charge in [0, 0.05) is 18.0 Å². The first-order valence-electron chi connectivity index (χ1n) is 8.26. The van der Waals surface area contributed by atoms with E-state index in [0.29, 0.717) is 13.2 Å². The minimum atomic E-state index is -1.10. The molecule has 0 N–H and O–H groups in total. The second-order valence-corrected chi connectivity index (χ2v) is 7.56. The molecule has 1 aromatic carbocycles. The van der Waals surface area contributed by atoms with Crippen molar-refractivity contribution in [3.05, 3.63) is 35.4 Å². The fourth-order valence-electron chi connectivity index (χ4n) is 4.66. The molecule has 4 heteroatoms. The smallest absolute Gasteiger partial charge is 0.320 e. The highest BCUT2D eigenvalue weighted by Gasteiger charge is 2.60. The molecule has 1 fully saturated rings. The summed E-state index contributed by atoms with van der Waals surface area (Å²) in [6.07, 6.45) is 0. The molecule has 3 atom stereocenters. The molecule has 3 rings (SSSR count). The quantitative estimate of drug-likeness (QED) is 0.621. The van der Waals surface area contributed by atoms with Crippen LogP contribution in [-0.4, -0.2) is 42.9 Å². The lowest BCUT2D eigenvalue weighted by Crippen LogP contribution is -2.61. The van der Waals surface area contributed by atoms with Crippen LogP contribution in [0.5, 0.6) is 0 Å². The third kappa shape index (κ3) is 2.08. The second-order valence-electron chi connectivity index (χ2n) is 7.56. The van der Waals surface area contributed by atoms with Crippen LogP contribution in [-0.2, 0) is 19.7 Å². The highest BCUT2D eigenvalue weighted by molar-refractivity contribution is 6.08. The molecule has 0 spiro atoms. The molecule has 4 nitrogen and oxygen atoms in total. The standard InChI is InChI=1S/C19H25NO3/c1-6-23-17(22)19(4)11-20(5)15-14(16(19)21)12-9-7-8-10-13(12)18(15,2)3/h7-10,14-15H,6,11H2,1-5H3/t14-,15-,19-/m0/s1. The van der Waals surface area contributed by atoms with Crippen LogP contribution in [0.2, 0.25) is 0 Å². The number of rotatable bonds is 2. The van der Waals surface area contributed by atoms with Crippen molar-refractivity contribution >= 4 is 11.8 Å². The zero-order chi connectivity index (χ0) is 17.0. The Morgan fingerprint density at radius 1 is 1.30 bits per heavy atom. The Morgan fingerprint density at radius 3 is 2.61 bits per heavy atom. The van der Waals surface area contributed by atoms with Crippen molar-refractivity contribution in [1.82, 2.24) is 4.90 Å². The molecule has 23 heavy (non-hydrogen) atoms. The van der Waals surface area contributed by atoms with Crippen molar-refractivity contribution in [2.24, 2.45) is 5.41 Å². The molecule has 1 heterocycles. The summed E-state index contributed by atoms with van der Waals surface area (Å²) >= 11 is 0. The fraction of sp³-hybridized carbons (Fsp3) is 0.579. The van der Waals surface area contributed by atoms with Crippen LogP contribution in [0.4, 0.5) is 0 Å². The van der Waals surface area contributed by atoms with Gasteiger partial charge in [-0.1, -0.05) is 38.1 Å². The Labute approximate surface area is 137 Å². The summed E-state index contributed by atoms with van der Waals surface area (Å²) in [7, 11) is 2.01. The van der Waals surface area contributed by atoms with Crippen molar-refractivity contribution in [3.8, 4) is 0 Å². The zero-order valence-electron chi connectivity index (χ0n) is 14.6. The number of likely N-dealkylation sites (N-methyl/N-ethyl adjacent to an activating group) is 1. The maximum Gasteiger partial charge on any atom is 0.320 e. The maximum absolute atomic E-state index is 13.3. The Hall–Kier alpha value is -1.68. The van der Waals surface area contributed by atoms with Crippen molar-refractivity contribution in [3.63, 3.8) is 0 Å². The average molecular weight is 315 g/mol. The molecule has 0 unspecified atom stereocenters. The molecular weight excluding hydrogens is 290 g/mol. The van der Waals surface area contributed by atoms with E-state index in [-0.39, 0.29) is 23.2 Å². The number of ketones is 1. The number of benzene rings is 1. The SMILES string of the molecule is CCOC(=O)[C@@]1(C)CN(C)[C@H]2[C@@H](C1=O)c1ccccc1C2(C)C. The van der Waals surface area contributed by atoms with Gasteiger partial charge in [0.2, 0.25) is 0 Å². The normalized spacial score (nSPS) is 32.3. The number of esters is 1. The van der Waals surface area contributed by atoms with Gasteiger partial charge in [-0.3, -0.25) is 14.5 Å². The lowest BCUT2D eigenvalue weighted by Gasteiger charge is -2.47. The zero-order valence-corrected chi connectivity index (χ0v) is 14.6. The van der Waals surface area contributed by atoms with Gasteiger partial charge >= 0.3 is 5.97 Å². The highest BCUT2D eigenvalue weighted by Crippen LogP contribution is 2.53. The van der Waals surface area contributed by atoms with Crippen LogP contribution in [0.25, 0.3) is 0 Å². The molecule has 1 aromatic rings. The molecule has 0 radical (unpaired) electrons. The van der Waals surface area contributed by atoms with Gasteiger partial charge in [0.15, 0.2) is 5.78 Å². The Balaban J connectivity index is 2.11. The number of nitrogens with zero attached hydrogens (tertiary/aromatic N) is 1. The summed E-state index contributed by atoms with van der Waals surface area (Å²) in [6, 6.07) is 8.21. The van der Waals surface area contributed by atoms with Crippen LogP contribution >= 0.6 is 0 Å². The Bertz CT molecular complexity index is 666. The molecule has 1 saturated heterocycles. The minimum absolute atomic E-state index is 0.00271. The number of fused-ring (bicyclic) bond motifs is 3. The predicted molar refractivity (Wildman–Crippen MR) is 88.4 cm³/mol. The van der Waals surface area contributed by atoms with Gasteiger partial charge in [0.25, 0.3) is 0 Å². The lowest BCUT2D eigenvalue weighted by molar-refractivity contribution is -0.165. The van der Waals surface area contributed by atoms with Gasteiger partial charge in [-0.05, 0) is 32.0 Å². The molecule has 0 aromatic heterocycles. The van der Waals surface area contributed by atoms with Crippen LogP contribution in [0.1, 0.15) is 44.7 Å². The van der Waals surface area contributed by atoms with Crippen molar-refractivity contribution in [1.29, 1.82) is 0 Å². The van der Waals surface area contributed by atoms with Gasteiger partial charge in [-0.2, -0.15) is 0 Å². The number of carbonyl (C=O) groups is 2. The molecule has 124 valence electrons. The van der Waals surface area contributed by atoms with E-state index in [2.05, 4.69) is 24.8 Å².